The van der Waals surface area contributed by atoms with Crippen LogP contribution in [0.5, 0.6) is 0 Å². The summed E-state index contributed by atoms with van der Waals surface area (Å²) < 4.78 is 12.3. The fourth-order valence-corrected chi connectivity index (χ4v) is 7.86. The third-order valence-electron chi connectivity index (χ3n) is 9.38. The Morgan fingerprint density at radius 3 is 2.44 bits per heavy atom. The van der Waals surface area contributed by atoms with Gasteiger partial charge in [-0.15, -0.1) is 0 Å². The summed E-state index contributed by atoms with van der Waals surface area (Å²) in [7, 11) is 3.70. The van der Waals surface area contributed by atoms with E-state index in [2.05, 4.69) is 30.5 Å². The molecule has 150 valence electrons. The van der Waals surface area contributed by atoms with Crippen LogP contribution >= 0.6 is 0 Å². The molecular weight excluding hydrogens is 338 g/mol. The maximum Gasteiger partial charge on any atom is 0.0869 e. The van der Waals surface area contributed by atoms with E-state index in [0.29, 0.717) is 23.7 Å². The summed E-state index contributed by atoms with van der Waals surface area (Å²) >= 11 is 0. The van der Waals surface area contributed by atoms with Crippen molar-refractivity contribution in [3.05, 3.63) is 22.6 Å². The van der Waals surface area contributed by atoms with Gasteiger partial charge in [0, 0.05) is 25.2 Å². The maximum absolute atomic E-state index is 8.94. The van der Waals surface area contributed by atoms with Gasteiger partial charge < -0.3 is 9.47 Å². The largest absolute Gasteiger partial charge is 0.378 e. The molecule has 4 saturated carbocycles. The van der Waals surface area contributed by atoms with Crippen LogP contribution in [0.4, 0.5) is 0 Å². The Balaban J connectivity index is 1.74. The zero-order valence-corrected chi connectivity index (χ0v) is 17.4. The molecule has 0 aromatic carbocycles. The average Bonchev–Trinajstić information content (AvgIpc) is 2.96. The van der Waals surface area contributed by atoms with E-state index in [4.69, 9.17) is 15.0 Å². The lowest BCUT2D eigenvalue weighted by molar-refractivity contribution is -0.225. The van der Waals surface area contributed by atoms with Crippen molar-refractivity contribution in [2.24, 2.45) is 39.6 Å². The minimum atomic E-state index is 0.0779. The Morgan fingerprint density at radius 2 is 1.78 bits per heavy atom. The molecule has 0 amide bonds. The summed E-state index contributed by atoms with van der Waals surface area (Å²) in [5, 5.41) is 4.08. The Bertz CT molecular complexity index is 660. The molecule has 0 aliphatic heterocycles. The van der Waals surface area contributed by atoms with Crippen molar-refractivity contribution in [1.82, 2.24) is 0 Å². The van der Waals surface area contributed by atoms with E-state index in [0.717, 1.165) is 25.7 Å². The maximum atomic E-state index is 8.94. The molecule has 5 heteroatoms. The van der Waals surface area contributed by atoms with Crippen molar-refractivity contribution in [2.75, 3.05) is 14.2 Å². The lowest BCUT2D eigenvalue weighted by Crippen LogP contribution is -2.64. The van der Waals surface area contributed by atoms with Crippen LogP contribution in [0.3, 0.4) is 0 Å². The molecule has 9 atom stereocenters. The number of methoxy groups -OCH3 is 2. The van der Waals surface area contributed by atoms with Crippen molar-refractivity contribution >= 4 is 0 Å². The minimum Gasteiger partial charge on any atom is -0.378 e. The molecule has 0 bridgehead atoms. The van der Waals surface area contributed by atoms with Crippen LogP contribution in [0.15, 0.2) is 17.3 Å². The number of azide groups is 1. The number of fused-ring (bicyclic) bond motifs is 5. The van der Waals surface area contributed by atoms with Gasteiger partial charge in [-0.3, -0.25) is 0 Å². The molecule has 5 nitrogen and oxygen atoms in total. The lowest BCUT2D eigenvalue weighted by Gasteiger charge is -2.64. The van der Waals surface area contributed by atoms with Gasteiger partial charge in [0.1, 0.15) is 0 Å². The highest BCUT2D eigenvalue weighted by molar-refractivity contribution is 5.23. The molecular formula is C22H35N3O2. The highest BCUT2D eigenvalue weighted by Crippen LogP contribution is 2.67. The molecule has 4 aliphatic rings. The zero-order chi connectivity index (χ0) is 19.4. The van der Waals surface area contributed by atoms with Crippen molar-refractivity contribution in [3.63, 3.8) is 0 Å². The summed E-state index contributed by atoms with van der Waals surface area (Å²) in [5.74, 6) is 2.25. The molecule has 0 radical (unpaired) electrons. The van der Waals surface area contributed by atoms with Crippen LogP contribution in [0, 0.1) is 34.5 Å². The SMILES string of the molecule is C=C1CCC2C3C(OC)C(OC)C4CC(N=[N+]=[N-])CCC4(C)C3CCC12C. The Morgan fingerprint density at radius 1 is 1.04 bits per heavy atom. The number of ether oxygens (including phenoxy) is 2. The van der Waals surface area contributed by atoms with Gasteiger partial charge in [0.25, 0.3) is 0 Å². The quantitative estimate of drug-likeness (QED) is 0.283. The van der Waals surface area contributed by atoms with Gasteiger partial charge in [-0.25, -0.2) is 0 Å². The third-order valence-corrected chi connectivity index (χ3v) is 9.38. The Kier molecular flexibility index (Phi) is 4.85. The second-order valence-electron chi connectivity index (χ2n) is 10.0. The van der Waals surface area contributed by atoms with E-state index in [9.17, 15) is 0 Å². The summed E-state index contributed by atoms with van der Waals surface area (Å²) in [6.07, 6.45) is 8.18. The van der Waals surface area contributed by atoms with Gasteiger partial charge >= 0.3 is 0 Å². The number of hydrogen-bond donors (Lipinski definition) is 0. The fourth-order valence-electron chi connectivity index (χ4n) is 7.86. The van der Waals surface area contributed by atoms with Crippen LogP contribution < -0.4 is 0 Å². The van der Waals surface area contributed by atoms with Gasteiger partial charge in [-0.05, 0) is 85.0 Å². The molecule has 0 spiro atoms. The van der Waals surface area contributed by atoms with E-state index in [-0.39, 0.29) is 29.1 Å². The minimum absolute atomic E-state index is 0.0779. The number of rotatable bonds is 3. The van der Waals surface area contributed by atoms with Crippen LogP contribution in [-0.2, 0) is 9.47 Å². The van der Waals surface area contributed by atoms with Gasteiger partial charge in [0.2, 0.25) is 0 Å². The van der Waals surface area contributed by atoms with E-state index in [1.165, 1.54) is 24.8 Å². The van der Waals surface area contributed by atoms with E-state index < -0.39 is 0 Å². The van der Waals surface area contributed by atoms with Crippen LogP contribution in [0.1, 0.15) is 58.8 Å². The number of nitrogens with zero attached hydrogens (tertiary/aromatic N) is 3. The first-order chi connectivity index (χ1) is 12.9. The third kappa shape index (κ3) is 2.62. The molecule has 27 heavy (non-hydrogen) atoms. The molecule has 0 saturated heterocycles. The molecule has 4 fully saturated rings. The van der Waals surface area contributed by atoms with E-state index in [1.807, 2.05) is 14.2 Å². The van der Waals surface area contributed by atoms with Crippen LogP contribution in [-0.4, -0.2) is 32.5 Å². The normalized spacial score (nSPS) is 51.7. The molecule has 9 unspecified atom stereocenters. The molecule has 0 aromatic rings. The summed E-state index contributed by atoms with van der Waals surface area (Å²) in [6.45, 7) is 9.39. The predicted molar refractivity (Wildman–Crippen MR) is 106 cm³/mol. The Labute approximate surface area is 163 Å². The van der Waals surface area contributed by atoms with Gasteiger partial charge in [0.05, 0.1) is 12.2 Å². The van der Waals surface area contributed by atoms with Crippen LogP contribution in [0.25, 0.3) is 10.4 Å². The molecule has 0 heterocycles. The number of hydrogen-bond acceptors (Lipinski definition) is 3. The monoisotopic (exact) mass is 373 g/mol. The summed E-state index contributed by atoms with van der Waals surface area (Å²) in [6, 6.07) is 0.0971. The predicted octanol–water partition coefficient (Wildman–Crippen LogP) is 5.51. The van der Waals surface area contributed by atoms with Crippen molar-refractivity contribution < 1.29 is 9.47 Å². The highest BCUT2D eigenvalue weighted by atomic mass is 16.5. The second kappa shape index (κ2) is 6.79. The second-order valence-corrected chi connectivity index (χ2v) is 10.0. The van der Waals surface area contributed by atoms with Crippen LogP contribution in [0.2, 0.25) is 0 Å². The standard InChI is InChI=1S/C22H35N3O2/c1-13-6-7-15-18-16(9-11-21(13,15)2)22(3)10-8-14(24-25-23)12-17(22)19(26-4)20(18)27-5/h14-20H,1,6-12H2,2-5H3. The number of allylic oxidation sites excluding steroid dienone is 1. The van der Waals surface area contributed by atoms with Gasteiger partial charge in [-0.2, -0.15) is 0 Å². The van der Waals surface area contributed by atoms with Crippen molar-refractivity contribution in [2.45, 2.75) is 77.0 Å². The zero-order valence-electron chi connectivity index (χ0n) is 17.4. The molecule has 0 aromatic heterocycles. The summed E-state index contributed by atoms with van der Waals surface area (Å²) in [5.41, 5.74) is 10.9. The van der Waals surface area contributed by atoms with Crippen molar-refractivity contribution in [3.8, 4) is 0 Å². The smallest absolute Gasteiger partial charge is 0.0869 e. The lowest BCUT2D eigenvalue weighted by atomic mass is 9.43. The first-order valence-corrected chi connectivity index (χ1v) is 10.7. The Hall–Kier alpha value is -1.03. The summed E-state index contributed by atoms with van der Waals surface area (Å²) in [4.78, 5) is 3.10. The molecule has 4 rings (SSSR count). The topological polar surface area (TPSA) is 67.2 Å². The first-order valence-electron chi connectivity index (χ1n) is 10.7. The first kappa shape index (κ1) is 19.3. The van der Waals surface area contributed by atoms with Gasteiger partial charge in [-0.1, -0.05) is 31.1 Å². The van der Waals surface area contributed by atoms with Gasteiger partial charge in [0.15, 0.2) is 0 Å². The molecule has 0 N–H and O–H groups in total. The average molecular weight is 374 g/mol. The van der Waals surface area contributed by atoms with E-state index >= 15 is 0 Å². The molecule has 4 aliphatic carbocycles. The fraction of sp³-hybridized carbons (Fsp3) is 0.909. The van der Waals surface area contributed by atoms with E-state index in [1.54, 1.807) is 0 Å². The highest BCUT2D eigenvalue weighted by Gasteiger charge is 2.64. The van der Waals surface area contributed by atoms with Crippen molar-refractivity contribution in [1.29, 1.82) is 0 Å².